The molecule has 3 aromatic carbocycles. The molecule has 0 fully saturated rings. The van der Waals surface area contributed by atoms with Crippen molar-refractivity contribution >= 4 is 26.8 Å². The Labute approximate surface area is 344 Å². The van der Waals surface area contributed by atoms with Crippen LogP contribution in [-0.2, 0) is 10.1 Å². The van der Waals surface area contributed by atoms with Crippen LogP contribution in [-0.4, -0.2) is 38.7 Å². The van der Waals surface area contributed by atoms with Gasteiger partial charge in [0, 0.05) is 41.2 Å². The van der Waals surface area contributed by atoms with Gasteiger partial charge in [-0.1, -0.05) is 35.9 Å². The van der Waals surface area contributed by atoms with E-state index in [1.807, 2.05) is 61.5 Å². The summed E-state index contributed by atoms with van der Waals surface area (Å²) in [6, 6.07) is 33.7. The first-order chi connectivity index (χ1) is 24.1. The molecule has 0 bridgehead atoms. The number of hydrogen-bond acceptors (Lipinski definition) is 10. The maximum atomic E-state index is 13.1. The second-order valence-corrected chi connectivity index (χ2v) is 12.7. The van der Waals surface area contributed by atoms with Crippen LogP contribution in [0.4, 0.5) is 0 Å². The molecule has 0 aliphatic heterocycles. The van der Waals surface area contributed by atoms with E-state index >= 15 is 0 Å². The largest absolute Gasteiger partial charge is 1.00 e. The van der Waals surface area contributed by atoms with Crippen LogP contribution in [0, 0.1) is 19.9 Å². The van der Waals surface area contributed by atoms with Crippen LogP contribution in [0.2, 0.25) is 0 Å². The van der Waals surface area contributed by atoms with E-state index in [0.717, 1.165) is 28.4 Å². The fourth-order valence-electron chi connectivity index (χ4n) is 5.30. The Balaban J connectivity index is 0.00000261. The molecule has 13 heteroatoms. The average molecular weight is 725 g/mol. The molecule has 0 amide bonds. The minimum absolute atomic E-state index is 0. The van der Waals surface area contributed by atoms with Gasteiger partial charge in [-0.3, -0.25) is 9.97 Å². The fraction of sp³-hybridized carbons (Fsp3) is 0.0513. The minimum atomic E-state index is -4.74. The van der Waals surface area contributed by atoms with Gasteiger partial charge in [0.25, 0.3) is 0 Å². The van der Waals surface area contributed by atoms with Crippen LogP contribution in [0.1, 0.15) is 27.0 Å². The van der Waals surface area contributed by atoms with Crippen molar-refractivity contribution in [3.63, 3.8) is 0 Å². The normalized spacial score (nSPS) is 10.9. The van der Waals surface area contributed by atoms with E-state index in [4.69, 9.17) is 14.5 Å². The Kier molecular flexibility index (Phi) is 12.4. The van der Waals surface area contributed by atoms with Gasteiger partial charge in [-0.25, -0.2) is 18.4 Å². The van der Waals surface area contributed by atoms with Crippen molar-refractivity contribution in [2.45, 2.75) is 18.7 Å². The maximum Gasteiger partial charge on any atom is 1.00 e. The fourth-order valence-corrected chi connectivity index (χ4v) is 6.03. The van der Waals surface area contributed by atoms with E-state index in [2.05, 4.69) is 21.0 Å². The van der Waals surface area contributed by atoms with Gasteiger partial charge in [-0.2, -0.15) is 12.1 Å². The molecule has 0 saturated carbocycles. The molecular formula is C39H26N4Na2O6S. The zero-order chi connectivity index (χ0) is 34.8. The summed E-state index contributed by atoms with van der Waals surface area (Å²) in [7, 11) is -4.74. The number of aryl methyl sites for hydroxylation is 2. The zero-order valence-corrected chi connectivity index (χ0v) is 33.5. The standard InChI is InChI=1S/C39H27N4O6S.2Na/c1-24-16-18-40-34(20-24)32-8-5-9-33(42-32)35-22-29(17-19-41-35)48-36-23-38(43-31-7-4-3-6-30(31)36)49-28-14-12-26(13-15-28)39(44)27-11-10-25(2)37(21-27)50(45,46)47;;/h3-14,16-23H,1-2H3,(H,45,46,47);;/q-1;2*+1/p-1. The summed E-state index contributed by atoms with van der Waals surface area (Å²) in [5, 5.41) is 0.756. The molecule has 0 aliphatic rings. The predicted molar refractivity (Wildman–Crippen MR) is 185 cm³/mol. The van der Waals surface area contributed by atoms with Crippen molar-refractivity contribution in [1.29, 1.82) is 0 Å². The van der Waals surface area contributed by atoms with Gasteiger partial charge in [0.1, 0.15) is 27.4 Å². The molecule has 0 aliphatic carbocycles. The smallest absolute Gasteiger partial charge is 0.744 e. The summed E-state index contributed by atoms with van der Waals surface area (Å²) in [5.41, 5.74) is 5.06. The Morgan fingerprint density at radius 1 is 0.712 bits per heavy atom. The van der Waals surface area contributed by atoms with E-state index in [9.17, 15) is 17.8 Å². The molecule has 0 spiro atoms. The molecule has 4 aromatic heterocycles. The van der Waals surface area contributed by atoms with E-state index in [0.29, 0.717) is 28.4 Å². The summed E-state index contributed by atoms with van der Waals surface area (Å²) in [6.45, 7) is 3.50. The van der Waals surface area contributed by atoms with Gasteiger partial charge in [0.05, 0.1) is 33.2 Å². The third-order valence-corrected chi connectivity index (χ3v) is 8.76. The monoisotopic (exact) mass is 724 g/mol. The topological polar surface area (TPSA) is 144 Å². The van der Waals surface area contributed by atoms with Gasteiger partial charge < -0.3 is 18.8 Å². The Morgan fingerprint density at radius 2 is 1.42 bits per heavy atom. The maximum absolute atomic E-state index is 13.1. The summed E-state index contributed by atoms with van der Waals surface area (Å²) in [5.74, 6) is 1.05. The van der Waals surface area contributed by atoms with Crippen molar-refractivity contribution < 1.29 is 86.4 Å². The summed E-state index contributed by atoms with van der Waals surface area (Å²) in [6.07, 6.45) is 3.41. The van der Waals surface area contributed by atoms with Gasteiger partial charge in [0.15, 0.2) is 0 Å². The molecule has 7 aromatic rings. The van der Waals surface area contributed by atoms with Crippen LogP contribution in [0.25, 0.3) is 33.7 Å². The Hall–Kier alpha value is -4.30. The molecule has 0 N–H and O–H groups in total. The van der Waals surface area contributed by atoms with Crippen molar-refractivity contribution in [3.8, 4) is 45.9 Å². The number of ether oxygens (including phenoxy) is 2. The van der Waals surface area contributed by atoms with Gasteiger partial charge in [-0.05, 0) is 73.5 Å². The van der Waals surface area contributed by atoms with Crippen LogP contribution in [0.15, 0.2) is 126 Å². The Morgan fingerprint density at radius 3 is 2.13 bits per heavy atom. The number of nitrogens with zero attached hydrogens (tertiary/aromatic N) is 4. The second-order valence-electron chi connectivity index (χ2n) is 11.4. The number of rotatable bonds is 9. The van der Waals surface area contributed by atoms with Crippen molar-refractivity contribution in [1.82, 2.24) is 19.9 Å². The van der Waals surface area contributed by atoms with Crippen LogP contribution in [0.5, 0.6) is 23.1 Å². The molecule has 52 heavy (non-hydrogen) atoms. The zero-order valence-electron chi connectivity index (χ0n) is 28.7. The summed E-state index contributed by atoms with van der Waals surface area (Å²) < 4.78 is 47.3. The van der Waals surface area contributed by atoms with E-state index in [1.54, 1.807) is 36.7 Å². The second kappa shape index (κ2) is 16.6. The predicted octanol–water partition coefficient (Wildman–Crippen LogP) is 1.90. The molecular weight excluding hydrogens is 698 g/mol. The van der Waals surface area contributed by atoms with E-state index in [1.165, 1.54) is 31.2 Å². The first kappa shape index (κ1) is 38.9. The number of benzene rings is 3. The van der Waals surface area contributed by atoms with E-state index in [-0.39, 0.29) is 87.4 Å². The summed E-state index contributed by atoms with van der Waals surface area (Å²) >= 11 is 0. The summed E-state index contributed by atoms with van der Waals surface area (Å²) in [4.78, 5) is 31.0. The first-order valence-electron chi connectivity index (χ1n) is 15.4. The number of fused-ring (bicyclic) bond motifs is 1. The number of pyridine rings is 4. The average Bonchev–Trinajstić information content (AvgIpc) is 3.11. The number of para-hydroxylation sites is 1. The third kappa shape index (κ3) is 8.83. The molecule has 0 saturated heterocycles. The SMILES string of the molecule is Cc1ccnc(-c2cccc(-c3cc(Oc4cc(Oc5[c-]cc(C(=O)c6ccc(C)c(S(=O)(=O)[O-])c6)cc5)nc5ccccc45)ccn3)n2)c1.[Na+].[Na+]. The van der Waals surface area contributed by atoms with Crippen LogP contribution >= 0.6 is 0 Å². The van der Waals surface area contributed by atoms with Gasteiger partial charge in [0.2, 0.25) is 5.88 Å². The van der Waals surface area contributed by atoms with Gasteiger partial charge >= 0.3 is 59.1 Å². The number of hydrogen-bond donors (Lipinski definition) is 0. The number of carbonyl (C=O) groups excluding carboxylic acids is 1. The molecule has 0 radical (unpaired) electrons. The van der Waals surface area contributed by atoms with Crippen molar-refractivity contribution in [2.24, 2.45) is 0 Å². The number of ketones is 1. The molecule has 4 heterocycles. The van der Waals surface area contributed by atoms with Gasteiger partial charge in [-0.15, -0.1) is 12.1 Å². The molecule has 0 unspecified atom stereocenters. The number of aromatic nitrogens is 4. The third-order valence-electron chi connectivity index (χ3n) is 7.78. The number of carbonyl (C=O) groups is 1. The molecule has 10 nitrogen and oxygen atoms in total. The molecule has 0 atom stereocenters. The first-order valence-corrected chi connectivity index (χ1v) is 16.8. The van der Waals surface area contributed by atoms with Crippen LogP contribution < -0.4 is 68.6 Å². The minimum Gasteiger partial charge on any atom is -0.744 e. The Bertz CT molecular complexity index is 2530. The molecule has 246 valence electrons. The quantitative estimate of drug-likeness (QED) is 0.0938. The van der Waals surface area contributed by atoms with Crippen LogP contribution in [0.3, 0.4) is 0 Å². The van der Waals surface area contributed by atoms with Crippen molar-refractivity contribution in [3.05, 3.63) is 150 Å². The van der Waals surface area contributed by atoms with E-state index < -0.39 is 20.8 Å². The molecule has 7 rings (SSSR count). The van der Waals surface area contributed by atoms with Crippen molar-refractivity contribution in [2.75, 3.05) is 0 Å².